The first-order valence-corrected chi connectivity index (χ1v) is 5.80. The summed E-state index contributed by atoms with van der Waals surface area (Å²) in [6.45, 7) is 2.21. The van der Waals surface area contributed by atoms with Crippen molar-refractivity contribution in [3.05, 3.63) is 16.0 Å². The molecule has 0 aromatic carbocycles. The van der Waals surface area contributed by atoms with Gasteiger partial charge < -0.3 is 10.8 Å². The van der Waals surface area contributed by atoms with Gasteiger partial charge in [0.05, 0.1) is 5.69 Å². The van der Waals surface area contributed by atoms with Crippen LogP contribution >= 0.6 is 0 Å². The van der Waals surface area contributed by atoms with Crippen molar-refractivity contribution in [3.63, 3.8) is 0 Å². The van der Waals surface area contributed by atoms with E-state index in [1.165, 1.54) is 32.1 Å². The number of nitrogens with one attached hydrogen (secondary N) is 2. The largest absolute Gasteiger partial charge is 0.393 e. The fourth-order valence-corrected chi connectivity index (χ4v) is 1.68. The van der Waals surface area contributed by atoms with Crippen molar-refractivity contribution in [2.24, 2.45) is 0 Å². The molecular formula is C11H21N3O. The highest BCUT2D eigenvalue weighted by molar-refractivity contribution is 5.39. The van der Waals surface area contributed by atoms with Crippen LogP contribution in [0.1, 0.15) is 51.1 Å². The third-order valence-electron chi connectivity index (χ3n) is 2.68. The number of nitrogens with two attached hydrogens (primary N) is 1. The molecule has 1 aromatic heterocycles. The van der Waals surface area contributed by atoms with E-state index in [0.29, 0.717) is 5.69 Å². The van der Waals surface area contributed by atoms with E-state index < -0.39 is 0 Å². The van der Waals surface area contributed by atoms with Crippen LogP contribution in [0.25, 0.3) is 0 Å². The molecule has 0 radical (unpaired) electrons. The molecule has 1 aromatic rings. The van der Waals surface area contributed by atoms with Crippen molar-refractivity contribution >= 4 is 5.69 Å². The lowest BCUT2D eigenvalue weighted by molar-refractivity contribution is 0.604. The summed E-state index contributed by atoms with van der Waals surface area (Å²) >= 11 is 0. The predicted octanol–water partition coefficient (Wildman–Crippen LogP) is 2.19. The molecule has 1 heterocycles. The first-order valence-electron chi connectivity index (χ1n) is 5.80. The average Bonchev–Trinajstić information content (AvgIpc) is 2.54. The van der Waals surface area contributed by atoms with Gasteiger partial charge in [-0.05, 0) is 12.8 Å². The number of H-pyrrole nitrogens is 2. The van der Waals surface area contributed by atoms with E-state index in [-0.39, 0.29) is 5.56 Å². The summed E-state index contributed by atoms with van der Waals surface area (Å²) in [5, 5.41) is 5.31. The standard InChI is InChI=1S/C11H21N3O/c1-2-3-4-5-6-7-8-9-10(12)11(15)14-13-9/h2-8,12H2,1H3,(H2,13,14,15). The molecule has 0 saturated heterocycles. The Labute approximate surface area is 90.2 Å². The minimum Gasteiger partial charge on any atom is -0.393 e. The summed E-state index contributed by atoms with van der Waals surface area (Å²) in [5.74, 6) is 0. The van der Waals surface area contributed by atoms with Crippen LogP contribution in [-0.4, -0.2) is 10.2 Å². The van der Waals surface area contributed by atoms with Gasteiger partial charge in [0.15, 0.2) is 0 Å². The second kappa shape index (κ2) is 6.32. The zero-order valence-electron chi connectivity index (χ0n) is 9.44. The van der Waals surface area contributed by atoms with E-state index in [2.05, 4.69) is 17.1 Å². The Balaban J connectivity index is 2.15. The SMILES string of the molecule is CCCCCCCCc1[nH][nH]c(=O)c1N. The molecule has 86 valence electrons. The van der Waals surface area contributed by atoms with E-state index in [1.807, 2.05) is 0 Å². The minimum absolute atomic E-state index is 0.198. The number of unbranched alkanes of at least 4 members (excludes halogenated alkanes) is 5. The average molecular weight is 211 g/mol. The normalized spacial score (nSPS) is 10.7. The van der Waals surface area contributed by atoms with Crippen molar-refractivity contribution in [3.8, 4) is 0 Å². The molecule has 1 rings (SSSR count). The third kappa shape index (κ3) is 3.81. The summed E-state index contributed by atoms with van der Waals surface area (Å²) in [6.07, 6.45) is 8.38. The summed E-state index contributed by atoms with van der Waals surface area (Å²) < 4.78 is 0. The molecule has 4 heteroatoms. The number of aromatic nitrogens is 2. The number of aromatic amines is 2. The smallest absolute Gasteiger partial charge is 0.287 e. The lowest BCUT2D eigenvalue weighted by atomic mass is 10.1. The van der Waals surface area contributed by atoms with E-state index in [4.69, 9.17) is 5.73 Å². The number of nitrogen functional groups attached to an aromatic ring is 1. The number of anilines is 1. The Bertz CT molecular complexity index is 327. The molecular weight excluding hydrogens is 190 g/mol. The van der Waals surface area contributed by atoms with Crippen LogP contribution in [0.4, 0.5) is 5.69 Å². The van der Waals surface area contributed by atoms with Crippen molar-refractivity contribution in [2.75, 3.05) is 5.73 Å². The van der Waals surface area contributed by atoms with Crippen LogP contribution in [0.15, 0.2) is 4.79 Å². The van der Waals surface area contributed by atoms with Crippen LogP contribution in [0.3, 0.4) is 0 Å². The topological polar surface area (TPSA) is 74.7 Å². The molecule has 0 saturated carbocycles. The van der Waals surface area contributed by atoms with Gasteiger partial charge in [0.1, 0.15) is 5.69 Å². The van der Waals surface area contributed by atoms with E-state index in [0.717, 1.165) is 18.5 Å². The van der Waals surface area contributed by atoms with Gasteiger partial charge in [0.25, 0.3) is 5.56 Å². The second-order valence-corrected chi connectivity index (χ2v) is 3.99. The molecule has 0 aliphatic heterocycles. The summed E-state index contributed by atoms with van der Waals surface area (Å²) in [7, 11) is 0. The number of aryl methyl sites for hydroxylation is 1. The van der Waals surface area contributed by atoms with E-state index in [1.54, 1.807) is 0 Å². The van der Waals surface area contributed by atoms with Gasteiger partial charge in [-0.1, -0.05) is 39.0 Å². The molecule has 0 fully saturated rings. The van der Waals surface area contributed by atoms with Gasteiger partial charge in [0, 0.05) is 0 Å². The first-order chi connectivity index (χ1) is 7.25. The maximum absolute atomic E-state index is 11.0. The van der Waals surface area contributed by atoms with Gasteiger partial charge in [-0.15, -0.1) is 0 Å². The molecule has 4 nitrogen and oxygen atoms in total. The van der Waals surface area contributed by atoms with Gasteiger partial charge in [0.2, 0.25) is 0 Å². The van der Waals surface area contributed by atoms with Gasteiger partial charge in [-0.2, -0.15) is 0 Å². The molecule has 0 atom stereocenters. The maximum Gasteiger partial charge on any atom is 0.287 e. The van der Waals surface area contributed by atoms with E-state index >= 15 is 0 Å². The fraction of sp³-hybridized carbons (Fsp3) is 0.727. The lowest BCUT2D eigenvalue weighted by Crippen LogP contribution is -2.05. The Hall–Kier alpha value is -1.19. The lowest BCUT2D eigenvalue weighted by Gasteiger charge is -2.00. The molecule has 0 spiro atoms. The highest BCUT2D eigenvalue weighted by Crippen LogP contribution is 2.10. The molecule has 4 N–H and O–H groups in total. The van der Waals surface area contributed by atoms with Crippen LogP contribution in [0, 0.1) is 0 Å². The predicted molar refractivity (Wildman–Crippen MR) is 62.9 cm³/mol. The van der Waals surface area contributed by atoms with Gasteiger partial charge in [-0.25, -0.2) is 0 Å². The number of hydrogen-bond acceptors (Lipinski definition) is 2. The van der Waals surface area contributed by atoms with Crippen molar-refractivity contribution in [1.82, 2.24) is 10.2 Å². The van der Waals surface area contributed by atoms with Gasteiger partial charge in [-0.3, -0.25) is 9.89 Å². The maximum atomic E-state index is 11.0. The van der Waals surface area contributed by atoms with Crippen LogP contribution in [0.5, 0.6) is 0 Å². The summed E-state index contributed by atoms with van der Waals surface area (Å²) in [6, 6.07) is 0. The molecule has 0 aliphatic rings. The summed E-state index contributed by atoms with van der Waals surface area (Å²) in [5.41, 5.74) is 6.60. The zero-order valence-corrected chi connectivity index (χ0v) is 9.44. The quantitative estimate of drug-likeness (QED) is 0.605. The highest BCUT2D eigenvalue weighted by Gasteiger charge is 2.04. The molecule has 15 heavy (non-hydrogen) atoms. The van der Waals surface area contributed by atoms with Crippen molar-refractivity contribution in [2.45, 2.75) is 51.9 Å². The number of rotatable bonds is 7. The Morgan fingerprint density at radius 3 is 2.33 bits per heavy atom. The monoisotopic (exact) mass is 211 g/mol. The highest BCUT2D eigenvalue weighted by atomic mass is 16.1. The Morgan fingerprint density at radius 2 is 1.73 bits per heavy atom. The molecule has 0 unspecified atom stereocenters. The van der Waals surface area contributed by atoms with Crippen LogP contribution < -0.4 is 11.3 Å². The van der Waals surface area contributed by atoms with Crippen LogP contribution in [-0.2, 0) is 6.42 Å². The second-order valence-electron chi connectivity index (χ2n) is 3.99. The Kier molecular flexibility index (Phi) is 5.01. The number of hydrogen-bond donors (Lipinski definition) is 3. The van der Waals surface area contributed by atoms with Crippen LogP contribution in [0.2, 0.25) is 0 Å². The van der Waals surface area contributed by atoms with E-state index in [9.17, 15) is 4.79 Å². The minimum atomic E-state index is -0.198. The van der Waals surface area contributed by atoms with Crippen molar-refractivity contribution < 1.29 is 0 Å². The third-order valence-corrected chi connectivity index (χ3v) is 2.68. The molecule has 0 bridgehead atoms. The van der Waals surface area contributed by atoms with Gasteiger partial charge >= 0.3 is 0 Å². The fourth-order valence-electron chi connectivity index (χ4n) is 1.68. The first kappa shape index (κ1) is 11.9. The molecule has 0 aliphatic carbocycles. The Morgan fingerprint density at radius 1 is 1.07 bits per heavy atom. The summed E-state index contributed by atoms with van der Waals surface area (Å²) in [4.78, 5) is 11.0. The zero-order chi connectivity index (χ0) is 11.1. The molecule has 0 amide bonds. The van der Waals surface area contributed by atoms with Crippen molar-refractivity contribution in [1.29, 1.82) is 0 Å².